The Labute approximate surface area is 120 Å². The summed E-state index contributed by atoms with van der Waals surface area (Å²) in [5.74, 6) is 0. The van der Waals surface area contributed by atoms with Gasteiger partial charge in [0.05, 0.1) is 16.7 Å². The van der Waals surface area contributed by atoms with Gasteiger partial charge < -0.3 is 10.2 Å². The van der Waals surface area contributed by atoms with E-state index in [1.54, 1.807) is 12.1 Å². The summed E-state index contributed by atoms with van der Waals surface area (Å²) in [6.45, 7) is 5.12. The van der Waals surface area contributed by atoms with Crippen LogP contribution in [0.5, 0.6) is 0 Å². The second-order valence-corrected chi connectivity index (χ2v) is 5.56. The molecule has 1 saturated heterocycles. The van der Waals surface area contributed by atoms with E-state index in [0.29, 0.717) is 6.04 Å². The van der Waals surface area contributed by atoms with Crippen LogP contribution >= 0.6 is 22.6 Å². The first-order valence-electron chi connectivity index (χ1n) is 6.04. The first-order valence-corrected chi connectivity index (χ1v) is 7.12. The summed E-state index contributed by atoms with van der Waals surface area (Å²) in [5.41, 5.74) is 1.26. The molecule has 1 aromatic rings. The molecule has 1 aliphatic rings. The summed E-state index contributed by atoms with van der Waals surface area (Å²) < 4.78 is 0.946. The average Bonchev–Trinajstić information content (AvgIpc) is 2.26. The largest absolute Gasteiger partial charge is 0.365 e. The van der Waals surface area contributed by atoms with Crippen LogP contribution in [-0.4, -0.2) is 30.6 Å². The Kier molecular flexibility index (Phi) is 4.39. The number of halogens is 1. The quantitative estimate of drug-likeness (QED) is 0.497. The van der Waals surface area contributed by atoms with Gasteiger partial charge in [-0.1, -0.05) is 6.92 Å². The van der Waals surface area contributed by atoms with Crippen LogP contribution in [0.1, 0.15) is 13.3 Å². The van der Waals surface area contributed by atoms with Crippen LogP contribution in [0.2, 0.25) is 0 Å². The number of nitrogens with zero attached hydrogens (tertiary/aromatic N) is 2. The molecule has 0 aromatic heterocycles. The lowest BCUT2D eigenvalue weighted by Gasteiger charge is -2.40. The summed E-state index contributed by atoms with van der Waals surface area (Å²) in [4.78, 5) is 12.7. The van der Waals surface area contributed by atoms with Crippen LogP contribution in [0.4, 0.5) is 11.4 Å². The van der Waals surface area contributed by atoms with Gasteiger partial charge in [0.1, 0.15) is 0 Å². The predicted molar refractivity (Wildman–Crippen MR) is 80.1 cm³/mol. The maximum Gasteiger partial charge on any atom is 0.270 e. The second kappa shape index (κ2) is 5.83. The van der Waals surface area contributed by atoms with E-state index in [9.17, 15) is 10.1 Å². The molecule has 0 aliphatic carbocycles. The summed E-state index contributed by atoms with van der Waals surface area (Å²) in [7, 11) is 0. The highest BCUT2D eigenvalue weighted by molar-refractivity contribution is 14.1. The Morgan fingerprint density at radius 1 is 1.56 bits per heavy atom. The third kappa shape index (κ3) is 2.74. The molecule has 0 bridgehead atoms. The van der Waals surface area contributed by atoms with E-state index >= 15 is 0 Å². The van der Waals surface area contributed by atoms with Crippen LogP contribution in [0, 0.1) is 13.7 Å². The highest BCUT2D eigenvalue weighted by atomic mass is 127. The van der Waals surface area contributed by atoms with Gasteiger partial charge in [0.25, 0.3) is 5.69 Å². The molecule has 5 nitrogen and oxygen atoms in total. The third-order valence-corrected chi connectivity index (χ3v) is 3.98. The molecule has 1 heterocycles. The van der Waals surface area contributed by atoms with Crippen molar-refractivity contribution in [3.63, 3.8) is 0 Å². The van der Waals surface area contributed by atoms with Gasteiger partial charge >= 0.3 is 0 Å². The van der Waals surface area contributed by atoms with Gasteiger partial charge in [-0.3, -0.25) is 10.1 Å². The lowest BCUT2D eigenvalue weighted by atomic mass is 10.1. The first kappa shape index (κ1) is 13.5. The Balaban J connectivity index is 2.26. The van der Waals surface area contributed by atoms with Crippen molar-refractivity contribution in [1.82, 2.24) is 5.32 Å². The topological polar surface area (TPSA) is 58.4 Å². The minimum atomic E-state index is -0.346. The zero-order valence-electron chi connectivity index (χ0n) is 10.2. The van der Waals surface area contributed by atoms with E-state index in [4.69, 9.17) is 0 Å². The molecule has 0 radical (unpaired) electrons. The number of nitro groups is 1. The lowest BCUT2D eigenvalue weighted by molar-refractivity contribution is -0.384. The fraction of sp³-hybridized carbons (Fsp3) is 0.500. The number of hydrogen-bond acceptors (Lipinski definition) is 4. The third-order valence-electron chi connectivity index (χ3n) is 3.12. The molecule has 0 spiro atoms. The fourth-order valence-electron chi connectivity index (χ4n) is 2.08. The zero-order valence-corrected chi connectivity index (χ0v) is 12.4. The van der Waals surface area contributed by atoms with Crippen molar-refractivity contribution in [2.24, 2.45) is 0 Å². The molecule has 1 fully saturated rings. The molecule has 6 heteroatoms. The molecule has 1 N–H and O–H groups in total. The van der Waals surface area contributed by atoms with E-state index in [1.807, 2.05) is 6.07 Å². The van der Waals surface area contributed by atoms with E-state index in [2.05, 4.69) is 39.7 Å². The smallest absolute Gasteiger partial charge is 0.270 e. The van der Waals surface area contributed by atoms with E-state index in [1.165, 1.54) is 0 Å². The number of rotatable bonds is 5. The van der Waals surface area contributed by atoms with Gasteiger partial charge in [-0.2, -0.15) is 0 Å². The van der Waals surface area contributed by atoms with Crippen molar-refractivity contribution >= 4 is 34.0 Å². The molecule has 1 aliphatic heterocycles. The molecular weight excluding hydrogens is 345 g/mol. The molecule has 2 rings (SSSR count). The Bertz CT molecular complexity index is 449. The summed E-state index contributed by atoms with van der Waals surface area (Å²) >= 11 is 2.18. The Morgan fingerprint density at radius 3 is 2.72 bits per heavy atom. The minimum absolute atomic E-state index is 0.159. The molecule has 0 amide bonds. The zero-order chi connectivity index (χ0) is 13.1. The van der Waals surface area contributed by atoms with Crippen LogP contribution in [0.15, 0.2) is 18.2 Å². The number of hydrogen-bond donors (Lipinski definition) is 1. The number of nitro benzene ring substituents is 1. The van der Waals surface area contributed by atoms with Crippen molar-refractivity contribution in [2.75, 3.05) is 24.5 Å². The van der Waals surface area contributed by atoms with Gasteiger partial charge in [0, 0.05) is 35.3 Å². The monoisotopic (exact) mass is 361 g/mol. The van der Waals surface area contributed by atoms with Crippen LogP contribution in [0.25, 0.3) is 0 Å². The molecule has 0 atom stereocenters. The van der Waals surface area contributed by atoms with Gasteiger partial charge in [0.15, 0.2) is 0 Å². The van der Waals surface area contributed by atoms with Crippen molar-refractivity contribution in [2.45, 2.75) is 19.4 Å². The van der Waals surface area contributed by atoms with Gasteiger partial charge in [-0.05, 0) is 35.1 Å². The highest BCUT2D eigenvalue weighted by Gasteiger charge is 2.26. The molecular formula is C12H16IN3O2. The maximum absolute atomic E-state index is 10.7. The second-order valence-electron chi connectivity index (χ2n) is 4.40. The lowest BCUT2D eigenvalue weighted by Crippen LogP contribution is -2.57. The molecule has 18 heavy (non-hydrogen) atoms. The van der Waals surface area contributed by atoms with Crippen molar-refractivity contribution in [1.29, 1.82) is 0 Å². The maximum atomic E-state index is 10.7. The molecule has 1 aromatic carbocycles. The average molecular weight is 361 g/mol. The normalized spacial score (nSPS) is 15.2. The first-order chi connectivity index (χ1) is 8.63. The number of non-ortho nitro benzene ring substituents is 1. The van der Waals surface area contributed by atoms with Gasteiger partial charge in [-0.25, -0.2) is 0 Å². The highest BCUT2D eigenvalue weighted by Crippen LogP contribution is 2.29. The van der Waals surface area contributed by atoms with Crippen LogP contribution < -0.4 is 10.2 Å². The summed E-state index contributed by atoms with van der Waals surface area (Å²) in [6, 6.07) is 5.62. The minimum Gasteiger partial charge on any atom is -0.365 e. The van der Waals surface area contributed by atoms with E-state index in [0.717, 1.165) is 35.3 Å². The van der Waals surface area contributed by atoms with Gasteiger partial charge in [0.2, 0.25) is 0 Å². The van der Waals surface area contributed by atoms with Crippen molar-refractivity contribution in [3.05, 3.63) is 31.9 Å². The van der Waals surface area contributed by atoms with Crippen LogP contribution in [0.3, 0.4) is 0 Å². The summed E-state index contributed by atoms with van der Waals surface area (Å²) in [5, 5.41) is 14.0. The molecule has 0 unspecified atom stereocenters. The Morgan fingerprint density at radius 2 is 2.28 bits per heavy atom. The number of benzene rings is 1. The fourth-order valence-corrected chi connectivity index (χ4v) is 2.89. The SMILES string of the molecule is CCCN(c1ccc([N+](=O)[O-])cc1I)C1CNC1. The van der Waals surface area contributed by atoms with Crippen molar-refractivity contribution < 1.29 is 4.92 Å². The predicted octanol–water partition coefficient (Wildman–Crippen LogP) is 2.39. The van der Waals surface area contributed by atoms with Crippen LogP contribution in [-0.2, 0) is 0 Å². The molecule has 0 saturated carbocycles. The molecule has 98 valence electrons. The van der Waals surface area contributed by atoms with Gasteiger partial charge in [-0.15, -0.1) is 0 Å². The Hall–Kier alpha value is -0.890. The number of anilines is 1. The standard InChI is InChI=1S/C12H16IN3O2/c1-2-5-15(10-7-14-8-10)12-4-3-9(16(17)18)6-11(12)13/h3-4,6,10,14H,2,5,7-8H2,1H3. The van der Waals surface area contributed by atoms with E-state index < -0.39 is 0 Å². The van der Waals surface area contributed by atoms with Crippen molar-refractivity contribution in [3.8, 4) is 0 Å². The summed E-state index contributed by atoms with van der Waals surface area (Å²) in [6.07, 6.45) is 1.07. The van der Waals surface area contributed by atoms with E-state index in [-0.39, 0.29) is 10.6 Å². The number of nitrogens with one attached hydrogen (secondary N) is 1.